The van der Waals surface area contributed by atoms with E-state index in [0.29, 0.717) is 0 Å². The molecule has 0 fully saturated rings. The minimum Gasteiger partial charge on any atom is -0.353 e. The maximum atomic E-state index is 8.27. The third kappa shape index (κ3) is 1.61. The Kier molecular flexibility index (Phi) is 2.47. The number of aliphatic hydroxyl groups excluding tert-OH is 1. The van der Waals surface area contributed by atoms with Gasteiger partial charge >= 0.3 is 1.43 Å². The van der Waals surface area contributed by atoms with Gasteiger partial charge in [0.05, 0.1) is 0 Å². The van der Waals surface area contributed by atoms with Gasteiger partial charge in [-0.15, -0.1) is 22.6 Å². The van der Waals surface area contributed by atoms with E-state index in [4.69, 9.17) is 5.11 Å². The largest absolute Gasteiger partial charge is 1.00 e. The second kappa shape index (κ2) is 2.65. The summed E-state index contributed by atoms with van der Waals surface area (Å²) in [6.07, 6.45) is 0.287. The Morgan fingerprint density at radius 3 is 2.57 bits per heavy atom. The molecule has 1 atom stereocenters. The summed E-state index contributed by atoms with van der Waals surface area (Å²) in [6.45, 7) is 0. The average molecular weight is 123 g/mol. The molecule has 1 heterocycles. The molecule has 1 N–H and O–H groups in total. The number of hydrogen-bond acceptors (Lipinski definition) is 4. The highest BCUT2D eigenvalue weighted by Gasteiger charge is 1.95. The molecule has 0 aliphatic carbocycles. The monoisotopic (exact) mass is 122 g/mol. The van der Waals surface area contributed by atoms with Crippen molar-refractivity contribution in [2.24, 2.45) is 15.2 Å². The van der Waals surface area contributed by atoms with Crippen molar-refractivity contribution in [2.45, 2.75) is 6.35 Å². The molecule has 4 nitrogen and oxygen atoms in total. The smallest absolute Gasteiger partial charge is 0.353 e. The third-order valence-electron chi connectivity index (χ3n) is 0.422. The maximum Gasteiger partial charge on any atom is 1.00 e. The molecule has 7 heavy (non-hydrogen) atoms. The fourth-order valence-electron chi connectivity index (χ4n) is 0.209. The van der Waals surface area contributed by atoms with E-state index >= 15 is 0 Å². The van der Waals surface area contributed by atoms with Crippen LogP contribution in [0.15, 0.2) is 15.2 Å². The van der Waals surface area contributed by atoms with Gasteiger partial charge in [0.2, 0.25) is 0 Å². The molecule has 0 saturated heterocycles. The number of aliphatic hydroxyl groups is 1. The predicted octanol–water partition coefficient (Wildman–Crippen LogP) is 0.291. The van der Waals surface area contributed by atoms with E-state index in [9.17, 15) is 0 Å². The molecule has 0 bridgehead atoms. The molecule has 0 saturated carbocycles. The van der Waals surface area contributed by atoms with Crippen molar-refractivity contribution in [3.8, 4) is 0 Å². The number of aliphatic imine (C=N–C) groups is 1. The van der Waals surface area contributed by atoms with Crippen molar-refractivity contribution in [1.82, 2.24) is 0 Å². The second-order valence-corrected chi connectivity index (χ2v) is 0.842. The zero-order valence-electron chi connectivity index (χ0n) is 4.35. The van der Waals surface area contributed by atoms with E-state index in [1.54, 1.807) is 0 Å². The van der Waals surface area contributed by atoms with Crippen LogP contribution in [0.25, 0.3) is 0 Å². The standard InChI is InChI=1S/C2H3N3O.ClH/c6-2-3-1-4-5-2;/h1-2,6H;1H/p+1. The summed E-state index contributed by atoms with van der Waals surface area (Å²) in [7, 11) is 0. The van der Waals surface area contributed by atoms with Crippen molar-refractivity contribution < 1.29 is 6.53 Å². The first-order valence-corrected chi connectivity index (χ1v) is 1.49. The van der Waals surface area contributed by atoms with E-state index in [-0.39, 0.29) is 13.8 Å². The topological polar surface area (TPSA) is 57.3 Å². The highest BCUT2D eigenvalue weighted by atomic mass is 35.5. The first-order chi connectivity index (χ1) is 2.89. The highest BCUT2D eigenvalue weighted by molar-refractivity contribution is 5.85. The van der Waals surface area contributed by atoms with E-state index in [0.717, 1.165) is 0 Å². The molecule has 0 aromatic rings. The van der Waals surface area contributed by atoms with E-state index < -0.39 is 6.35 Å². The Balaban J connectivity index is 0. The summed E-state index contributed by atoms with van der Waals surface area (Å²) in [5, 5.41) is 14.7. The third-order valence-corrected chi connectivity index (χ3v) is 0.422. The van der Waals surface area contributed by atoms with Gasteiger partial charge in [0.1, 0.15) is 6.34 Å². The molecule has 0 amide bonds. The fourth-order valence-corrected chi connectivity index (χ4v) is 0.209. The first kappa shape index (κ1) is 6.52. The van der Waals surface area contributed by atoms with Gasteiger partial charge in [0, 0.05) is 0 Å². The number of halogens is 1. The molecule has 0 radical (unpaired) electrons. The molecule has 0 spiro atoms. The van der Waals surface area contributed by atoms with Gasteiger partial charge in [0.25, 0.3) is 6.35 Å². The lowest BCUT2D eigenvalue weighted by atomic mass is 11.1. The van der Waals surface area contributed by atoms with Crippen LogP contribution in [0, 0.1) is 0 Å². The quantitative estimate of drug-likeness (QED) is 0.493. The van der Waals surface area contributed by atoms with Gasteiger partial charge in [-0.3, -0.25) is 0 Å². The van der Waals surface area contributed by atoms with Crippen molar-refractivity contribution in [2.75, 3.05) is 0 Å². The highest BCUT2D eigenvalue weighted by Crippen LogP contribution is 1.92. The van der Waals surface area contributed by atoms with Crippen molar-refractivity contribution in [1.29, 1.82) is 0 Å². The zero-order valence-corrected chi connectivity index (χ0v) is 4.17. The van der Waals surface area contributed by atoms with Crippen LogP contribution >= 0.6 is 12.4 Å². The van der Waals surface area contributed by atoms with Gasteiger partial charge < -0.3 is 5.11 Å². The first-order valence-electron chi connectivity index (χ1n) is 1.49. The summed E-state index contributed by atoms with van der Waals surface area (Å²) in [4.78, 5) is 3.33. The van der Waals surface area contributed by atoms with Gasteiger partial charge in [-0.2, -0.15) is 0 Å². The van der Waals surface area contributed by atoms with E-state index in [2.05, 4.69) is 15.2 Å². The minimum absolute atomic E-state index is 0. The number of azo groups is 1. The number of hydrogen-bond donors (Lipinski definition) is 1. The van der Waals surface area contributed by atoms with Gasteiger partial charge in [-0.25, -0.2) is 4.99 Å². The van der Waals surface area contributed by atoms with Crippen LogP contribution in [-0.2, 0) is 0 Å². The van der Waals surface area contributed by atoms with Crippen LogP contribution in [0.4, 0.5) is 0 Å². The van der Waals surface area contributed by atoms with Gasteiger partial charge in [-0.05, 0) is 0 Å². The lowest BCUT2D eigenvalue weighted by Crippen LogP contribution is -1.89. The molecular weight excluding hydrogens is 117 g/mol. The summed E-state index contributed by atoms with van der Waals surface area (Å²) in [5.74, 6) is 0. The molecule has 40 valence electrons. The van der Waals surface area contributed by atoms with Gasteiger partial charge in [0.15, 0.2) is 0 Å². The maximum absolute atomic E-state index is 8.27. The van der Waals surface area contributed by atoms with Crippen LogP contribution in [-0.4, -0.2) is 17.8 Å². The van der Waals surface area contributed by atoms with Crippen molar-refractivity contribution in [3.05, 3.63) is 0 Å². The molecule has 0 aromatic heterocycles. The normalized spacial score (nSPS) is 25.0. The molecule has 5 heteroatoms. The fraction of sp³-hybridized carbons (Fsp3) is 0.500. The summed E-state index contributed by atoms with van der Waals surface area (Å²) < 4.78 is 0. The number of nitrogens with zero attached hydrogens (tertiary/aromatic N) is 3. The SMILES string of the molecule is Cl.OC1N=CN=N1.[H+]. The van der Waals surface area contributed by atoms with Crippen molar-refractivity contribution in [3.63, 3.8) is 0 Å². The Labute approximate surface area is 47.9 Å². The lowest BCUT2D eigenvalue weighted by molar-refractivity contribution is 0.194. The van der Waals surface area contributed by atoms with Crippen LogP contribution in [0.3, 0.4) is 0 Å². The summed E-state index contributed by atoms with van der Waals surface area (Å²) in [5.41, 5.74) is 0. The minimum atomic E-state index is -0.926. The lowest BCUT2D eigenvalue weighted by Gasteiger charge is -1.80. The van der Waals surface area contributed by atoms with Crippen molar-refractivity contribution >= 4 is 18.7 Å². The molecule has 1 aliphatic rings. The summed E-state index contributed by atoms with van der Waals surface area (Å²) in [6, 6.07) is 0. The van der Waals surface area contributed by atoms with Crippen LogP contribution in [0.5, 0.6) is 0 Å². The summed E-state index contributed by atoms with van der Waals surface area (Å²) >= 11 is 0. The van der Waals surface area contributed by atoms with Crippen LogP contribution in [0.1, 0.15) is 1.43 Å². The average Bonchev–Trinajstić information content (AvgIpc) is 1.86. The van der Waals surface area contributed by atoms with E-state index in [1.165, 1.54) is 6.34 Å². The number of rotatable bonds is 0. The Bertz CT molecular complexity index is 93.5. The Morgan fingerprint density at radius 2 is 2.43 bits per heavy atom. The predicted molar refractivity (Wildman–Crippen MR) is 27.7 cm³/mol. The van der Waals surface area contributed by atoms with Gasteiger partial charge in [-0.1, -0.05) is 0 Å². The Hall–Kier alpha value is -0.480. The Morgan fingerprint density at radius 1 is 1.71 bits per heavy atom. The molecular formula is C2H5ClN3O+. The van der Waals surface area contributed by atoms with Crippen LogP contribution < -0.4 is 0 Å². The van der Waals surface area contributed by atoms with Crippen LogP contribution in [0.2, 0.25) is 0 Å². The molecule has 1 rings (SSSR count). The van der Waals surface area contributed by atoms with E-state index in [1.807, 2.05) is 0 Å². The molecule has 1 aliphatic heterocycles. The zero-order chi connectivity index (χ0) is 4.41. The second-order valence-electron chi connectivity index (χ2n) is 0.842. The molecule has 1 unspecified atom stereocenters. The molecule has 0 aromatic carbocycles.